The fraction of sp³-hybridized carbons (Fsp3) is 0.200. The first-order valence-corrected chi connectivity index (χ1v) is 11.8. The van der Waals surface area contributed by atoms with Crippen molar-refractivity contribution in [3.8, 4) is 17.2 Å². The Bertz CT molecular complexity index is 1160. The van der Waals surface area contributed by atoms with Crippen LogP contribution in [0.1, 0.15) is 29.5 Å². The molecule has 34 heavy (non-hydrogen) atoms. The molecule has 0 saturated carbocycles. The normalized spacial score (nSPS) is 14.4. The molecule has 4 aromatic rings. The van der Waals surface area contributed by atoms with Crippen LogP contribution < -0.4 is 14.8 Å². The fourth-order valence-corrected chi connectivity index (χ4v) is 4.92. The van der Waals surface area contributed by atoms with Gasteiger partial charge < -0.3 is 14.6 Å². The van der Waals surface area contributed by atoms with Crippen LogP contribution in [-0.4, -0.2) is 18.1 Å². The van der Waals surface area contributed by atoms with Gasteiger partial charge in [0.2, 0.25) is 0 Å². The maximum absolute atomic E-state index is 11.7. The van der Waals surface area contributed by atoms with E-state index in [-0.39, 0.29) is 6.73 Å². The molecule has 0 bridgehead atoms. The van der Waals surface area contributed by atoms with Crippen molar-refractivity contribution in [2.75, 3.05) is 6.73 Å². The summed E-state index contributed by atoms with van der Waals surface area (Å²) in [6.45, 7) is 0.191. The van der Waals surface area contributed by atoms with E-state index < -0.39 is 11.6 Å². The molecule has 4 heteroatoms. The molecule has 1 unspecified atom stereocenters. The van der Waals surface area contributed by atoms with Gasteiger partial charge in [0, 0.05) is 11.1 Å². The zero-order valence-corrected chi connectivity index (χ0v) is 19.1. The number of aryl methyl sites for hydroxylation is 1. The van der Waals surface area contributed by atoms with Crippen molar-refractivity contribution in [2.24, 2.45) is 0 Å². The standard InChI is InChI=1S/C30H29NO3/c32-29(31-22-33-24-15-5-2-6-16-24)30(21-11-14-23-12-3-1-4-13-23)25-17-7-9-19-27(25)34-28-20-10-8-18-26(28)30/h1-10,12-13,15-20,29,31-32H,11,14,21-22H2. The van der Waals surface area contributed by atoms with Gasteiger partial charge in [0.25, 0.3) is 0 Å². The van der Waals surface area contributed by atoms with Crippen LogP contribution in [0.3, 0.4) is 0 Å². The summed E-state index contributed by atoms with van der Waals surface area (Å²) >= 11 is 0. The van der Waals surface area contributed by atoms with Gasteiger partial charge in [-0.3, -0.25) is 5.32 Å². The van der Waals surface area contributed by atoms with E-state index in [1.165, 1.54) is 5.56 Å². The van der Waals surface area contributed by atoms with Gasteiger partial charge in [0.05, 0.1) is 5.41 Å². The number of rotatable bonds is 9. The summed E-state index contributed by atoms with van der Waals surface area (Å²) in [7, 11) is 0. The number of nitrogens with one attached hydrogen (secondary N) is 1. The molecule has 0 aliphatic carbocycles. The highest BCUT2D eigenvalue weighted by atomic mass is 16.5. The summed E-state index contributed by atoms with van der Waals surface area (Å²) in [5.74, 6) is 2.32. The van der Waals surface area contributed by atoms with E-state index in [2.05, 4.69) is 41.7 Å². The van der Waals surface area contributed by atoms with Crippen molar-refractivity contribution in [3.63, 3.8) is 0 Å². The van der Waals surface area contributed by atoms with E-state index in [4.69, 9.17) is 9.47 Å². The Morgan fingerprint density at radius 1 is 0.735 bits per heavy atom. The van der Waals surface area contributed by atoms with E-state index in [1.54, 1.807) is 0 Å². The average Bonchev–Trinajstić information content (AvgIpc) is 2.89. The predicted octanol–water partition coefficient (Wildman–Crippen LogP) is 6.05. The maximum Gasteiger partial charge on any atom is 0.141 e. The molecule has 1 aliphatic rings. The van der Waals surface area contributed by atoms with Crippen LogP contribution in [0, 0.1) is 0 Å². The summed E-state index contributed by atoms with van der Waals surface area (Å²) in [6.07, 6.45) is 1.71. The molecule has 1 aliphatic heterocycles. The largest absolute Gasteiger partial charge is 0.478 e. The number of aliphatic hydroxyl groups excluding tert-OH is 1. The minimum absolute atomic E-state index is 0.191. The number of ether oxygens (including phenoxy) is 2. The number of fused-ring (bicyclic) bond motifs is 2. The fourth-order valence-electron chi connectivity index (χ4n) is 4.92. The van der Waals surface area contributed by atoms with Crippen LogP contribution in [-0.2, 0) is 11.8 Å². The lowest BCUT2D eigenvalue weighted by atomic mass is 9.67. The molecule has 1 atom stereocenters. The third-order valence-corrected chi connectivity index (χ3v) is 6.56. The summed E-state index contributed by atoms with van der Waals surface area (Å²) in [5, 5.41) is 15.0. The van der Waals surface area contributed by atoms with Gasteiger partial charge in [-0.15, -0.1) is 0 Å². The minimum Gasteiger partial charge on any atom is -0.478 e. The monoisotopic (exact) mass is 451 g/mol. The first-order chi connectivity index (χ1) is 16.8. The SMILES string of the molecule is OC(NCOc1ccccc1)C1(CCCc2ccccc2)c2ccccc2Oc2ccccc21. The highest BCUT2D eigenvalue weighted by molar-refractivity contribution is 5.58. The molecular formula is C30H29NO3. The Kier molecular flexibility index (Phi) is 6.61. The first kappa shape index (κ1) is 22.2. The molecule has 0 aromatic heterocycles. The van der Waals surface area contributed by atoms with Gasteiger partial charge in [-0.25, -0.2) is 0 Å². The second-order valence-corrected chi connectivity index (χ2v) is 8.61. The third kappa shape index (κ3) is 4.43. The van der Waals surface area contributed by atoms with Gasteiger partial charge in [-0.1, -0.05) is 84.9 Å². The molecule has 1 heterocycles. The van der Waals surface area contributed by atoms with Crippen LogP contribution >= 0.6 is 0 Å². The Morgan fingerprint density at radius 2 is 1.29 bits per heavy atom. The number of benzene rings is 4. The molecule has 0 fully saturated rings. The summed E-state index contributed by atoms with van der Waals surface area (Å²) in [6, 6.07) is 36.2. The van der Waals surface area contributed by atoms with Crippen molar-refractivity contribution in [3.05, 3.63) is 126 Å². The molecule has 4 nitrogen and oxygen atoms in total. The lowest BCUT2D eigenvalue weighted by molar-refractivity contribution is 0.0388. The number of hydrogen-bond donors (Lipinski definition) is 2. The van der Waals surface area contributed by atoms with E-state index in [1.807, 2.05) is 72.8 Å². The third-order valence-electron chi connectivity index (χ3n) is 6.56. The van der Waals surface area contributed by atoms with Crippen LogP contribution in [0.25, 0.3) is 0 Å². The second-order valence-electron chi connectivity index (χ2n) is 8.61. The summed E-state index contributed by atoms with van der Waals surface area (Å²) in [5.41, 5.74) is 2.59. The van der Waals surface area contributed by atoms with Gasteiger partial charge in [-0.2, -0.15) is 0 Å². The highest BCUT2D eigenvalue weighted by Crippen LogP contribution is 2.51. The predicted molar refractivity (Wildman–Crippen MR) is 134 cm³/mol. The Labute approximate surface area is 200 Å². The number of hydrogen-bond acceptors (Lipinski definition) is 4. The number of para-hydroxylation sites is 3. The van der Waals surface area contributed by atoms with Crippen LogP contribution in [0.5, 0.6) is 17.2 Å². The van der Waals surface area contributed by atoms with E-state index in [9.17, 15) is 5.11 Å². The Hall–Kier alpha value is -3.60. The zero-order valence-electron chi connectivity index (χ0n) is 19.1. The zero-order chi connectivity index (χ0) is 23.2. The molecule has 5 rings (SSSR count). The van der Waals surface area contributed by atoms with E-state index in [0.29, 0.717) is 0 Å². The smallest absolute Gasteiger partial charge is 0.141 e. The van der Waals surface area contributed by atoms with Crippen molar-refractivity contribution in [1.82, 2.24) is 5.32 Å². The summed E-state index contributed by atoms with van der Waals surface area (Å²) < 4.78 is 12.1. The van der Waals surface area contributed by atoms with Crippen molar-refractivity contribution >= 4 is 0 Å². The van der Waals surface area contributed by atoms with E-state index in [0.717, 1.165) is 47.6 Å². The quantitative estimate of drug-likeness (QED) is 0.304. The van der Waals surface area contributed by atoms with Crippen molar-refractivity contribution in [2.45, 2.75) is 30.9 Å². The molecule has 0 amide bonds. The molecule has 0 radical (unpaired) electrons. The Balaban J connectivity index is 1.47. The average molecular weight is 452 g/mol. The Morgan fingerprint density at radius 3 is 1.94 bits per heavy atom. The van der Waals surface area contributed by atoms with Crippen LogP contribution in [0.4, 0.5) is 0 Å². The molecule has 0 spiro atoms. The van der Waals surface area contributed by atoms with Crippen LogP contribution in [0.15, 0.2) is 109 Å². The van der Waals surface area contributed by atoms with Gasteiger partial charge in [-0.05, 0) is 49.1 Å². The topological polar surface area (TPSA) is 50.7 Å². The first-order valence-electron chi connectivity index (χ1n) is 11.8. The number of aliphatic hydroxyl groups is 1. The van der Waals surface area contributed by atoms with Gasteiger partial charge in [0.1, 0.15) is 30.2 Å². The molecular weight excluding hydrogens is 422 g/mol. The second kappa shape index (κ2) is 10.1. The van der Waals surface area contributed by atoms with Crippen molar-refractivity contribution in [1.29, 1.82) is 0 Å². The maximum atomic E-state index is 11.7. The lowest BCUT2D eigenvalue weighted by Crippen LogP contribution is -2.51. The van der Waals surface area contributed by atoms with Crippen LogP contribution in [0.2, 0.25) is 0 Å². The molecule has 2 N–H and O–H groups in total. The van der Waals surface area contributed by atoms with Crippen molar-refractivity contribution < 1.29 is 14.6 Å². The van der Waals surface area contributed by atoms with E-state index >= 15 is 0 Å². The lowest BCUT2D eigenvalue weighted by Gasteiger charge is -2.43. The van der Waals surface area contributed by atoms with Gasteiger partial charge >= 0.3 is 0 Å². The highest BCUT2D eigenvalue weighted by Gasteiger charge is 2.47. The summed E-state index contributed by atoms with van der Waals surface area (Å²) in [4.78, 5) is 0. The molecule has 0 saturated heterocycles. The van der Waals surface area contributed by atoms with Gasteiger partial charge in [0.15, 0.2) is 0 Å². The molecule has 4 aromatic carbocycles. The molecule has 172 valence electrons. The minimum atomic E-state index is -0.877.